The maximum Gasteiger partial charge on any atom is 0.242 e. The van der Waals surface area contributed by atoms with E-state index in [0.717, 1.165) is 38.7 Å². The molecule has 7 heteroatoms. The number of halogens is 1. The molecule has 0 spiro atoms. The van der Waals surface area contributed by atoms with Crippen LogP contribution in [0.5, 0.6) is 0 Å². The lowest BCUT2D eigenvalue weighted by atomic mass is 10.1. The van der Waals surface area contributed by atoms with Crippen molar-refractivity contribution in [2.45, 2.75) is 47.0 Å². The predicted molar refractivity (Wildman–Crippen MR) is 121 cm³/mol. The van der Waals surface area contributed by atoms with Gasteiger partial charge in [-0.05, 0) is 52.6 Å². The highest BCUT2D eigenvalue weighted by molar-refractivity contribution is 14.0. The first-order valence-corrected chi connectivity index (χ1v) is 10.0. The van der Waals surface area contributed by atoms with Crippen LogP contribution in [0.25, 0.3) is 0 Å². The number of amides is 1. The zero-order chi connectivity index (χ0) is 18.7. The van der Waals surface area contributed by atoms with Crippen molar-refractivity contribution >= 4 is 35.8 Å². The van der Waals surface area contributed by atoms with E-state index in [-0.39, 0.29) is 29.9 Å². The Bertz CT molecular complexity index is 409. The fourth-order valence-electron chi connectivity index (χ4n) is 3.31. The van der Waals surface area contributed by atoms with Crippen LogP contribution < -0.4 is 5.32 Å². The molecule has 1 heterocycles. The minimum Gasteiger partial charge on any atom is -0.357 e. The van der Waals surface area contributed by atoms with Gasteiger partial charge in [0, 0.05) is 39.8 Å². The van der Waals surface area contributed by atoms with Gasteiger partial charge in [-0.15, -0.1) is 24.0 Å². The van der Waals surface area contributed by atoms with Crippen molar-refractivity contribution in [3.63, 3.8) is 0 Å². The summed E-state index contributed by atoms with van der Waals surface area (Å²) in [5, 5.41) is 3.31. The summed E-state index contributed by atoms with van der Waals surface area (Å²) in [5.41, 5.74) is 0. The van der Waals surface area contributed by atoms with Gasteiger partial charge in [-0.1, -0.05) is 13.3 Å². The van der Waals surface area contributed by atoms with Gasteiger partial charge in [0.25, 0.3) is 0 Å². The number of hydrogen-bond donors (Lipinski definition) is 1. The van der Waals surface area contributed by atoms with E-state index in [0.29, 0.717) is 12.5 Å². The summed E-state index contributed by atoms with van der Waals surface area (Å²) in [6, 6.07) is 0. The van der Waals surface area contributed by atoms with Crippen molar-refractivity contribution in [2.75, 3.05) is 59.4 Å². The lowest BCUT2D eigenvalue weighted by molar-refractivity contribution is -0.131. The molecule has 0 bridgehead atoms. The fraction of sp³-hybridized carbons (Fsp3) is 0.895. The number of carbonyl (C=O) groups is 1. The van der Waals surface area contributed by atoms with Crippen molar-refractivity contribution in [2.24, 2.45) is 10.9 Å². The third kappa shape index (κ3) is 9.39. The minimum atomic E-state index is 0. The minimum absolute atomic E-state index is 0. The van der Waals surface area contributed by atoms with Crippen LogP contribution in [0.3, 0.4) is 0 Å². The normalized spacial score (nSPS) is 16.6. The molecule has 0 aromatic rings. The molecule has 0 aromatic heterocycles. The maximum absolute atomic E-state index is 12.3. The van der Waals surface area contributed by atoms with Crippen LogP contribution in [0.1, 0.15) is 47.0 Å². The van der Waals surface area contributed by atoms with E-state index in [1.54, 1.807) is 0 Å². The molecular weight excluding hydrogens is 441 g/mol. The second-order valence-electron chi connectivity index (χ2n) is 7.08. The van der Waals surface area contributed by atoms with Crippen LogP contribution in [0.15, 0.2) is 4.99 Å². The van der Waals surface area contributed by atoms with Crippen LogP contribution in [0.4, 0.5) is 0 Å². The first-order chi connectivity index (χ1) is 12.0. The Morgan fingerprint density at radius 2 is 1.77 bits per heavy atom. The second-order valence-corrected chi connectivity index (χ2v) is 7.08. The summed E-state index contributed by atoms with van der Waals surface area (Å²) in [7, 11) is 1.94. The Morgan fingerprint density at radius 1 is 1.15 bits per heavy atom. The molecule has 1 N–H and O–H groups in total. The number of carbonyl (C=O) groups excluding carboxylic acids is 1. The zero-order valence-electron chi connectivity index (χ0n) is 17.5. The van der Waals surface area contributed by atoms with E-state index in [4.69, 9.17) is 4.99 Å². The summed E-state index contributed by atoms with van der Waals surface area (Å²) in [4.78, 5) is 23.5. The van der Waals surface area contributed by atoms with Crippen LogP contribution in [-0.2, 0) is 4.79 Å². The van der Waals surface area contributed by atoms with Crippen molar-refractivity contribution in [1.82, 2.24) is 20.0 Å². The van der Waals surface area contributed by atoms with Crippen molar-refractivity contribution in [3.05, 3.63) is 0 Å². The van der Waals surface area contributed by atoms with Crippen LogP contribution >= 0.6 is 24.0 Å². The summed E-state index contributed by atoms with van der Waals surface area (Å²) in [5.74, 6) is 1.51. The van der Waals surface area contributed by atoms with Gasteiger partial charge < -0.3 is 20.0 Å². The molecule has 1 rings (SSSR count). The van der Waals surface area contributed by atoms with Crippen molar-refractivity contribution in [3.8, 4) is 0 Å². The average molecular weight is 481 g/mol. The third-order valence-corrected chi connectivity index (χ3v) is 4.76. The molecule has 154 valence electrons. The second kappa shape index (κ2) is 14.5. The molecular formula is C19H40IN5O. The molecule has 1 amide bonds. The number of nitrogens with one attached hydrogen (secondary N) is 1. The lowest BCUT2D eigenvalue weighted by Crippen LogP contribution is -2.46. The Balaban J connectivity index is 0.00000625. The molecule has 1 unspecified atom stereocenters. The standard InChI is InChI=1S/C19H39N5O.HI/c1-6-20-19(22(5)16-18(25)24(7-2)8-3)21-14-17(4)15-23-12-10-9-11-13-23;/h17H,6-16H2,1-5H3,(H,20,21);1H. The molecule has 1 aliphatic heterocycles. The van der Waals surface area contributed by atoms with Gasteiger partial charge in [-0.25, -0.2) is 0 Å². The first-order valence-electron chi connectivity index (χ1n) is 10.0. The highest BCUT2D eigenvalue weighted by Gasteiger charge is 2.16. The number of aliphatic imine (C=N–C) groups is 1. The monoisotopic (exact) mass is 481 g/mol. The molecule has 26 heavy (non-hydrogen) atoms. The van der Waals surface area contributed by atoms with E-state index in [9.17, 15) is 4.79 Å². The van der Waals surface area contributed by atoms with Gasteiger partial charge in [0.2, 0.25) is 5.91 Å². The number of likely N-dealkylation sites (N-methyl/N-ethyl adjacent to an activating group) is 2. The maximum atomic E-state index is 12.3. The first kappa shape index (κ1) is 25.4. The van der Waals surface area contributed by atoms with Crippen LogP contribution in [0.2, 0.25) is 0 Å². The fourth-order valence-corrected chi connectivity index (χ4v) is 3.31. The van der Waals surface area contributed by atoms with E-state index in [1.807, 2.05) is 30.7 Å². The van der Waals surface area contributed by atoms with Gasteiger partial charge in [0.05, 0.1) is 6.54 Å². The number of piperidine rings is 1. The van der Waals surface area contributed by atoms with Crippen LogP contribution in [-0.4, -0.2) is 86.0 Å². The van der Waals surface area contributed by atoms with Crippen molar-refractivity contribution < 1.29 is 4.79 Å². The smallest absolute Gasteiger partial charge is 0.242 e. The van der Waals surface area contributed by atoms with Crippen LogP contribution in [0, 0.1) is 5.92 Å². The Hall–Kier alpha value is -0.570. The lowest BCUT2D eigenvalue weighted by Gasteiger charge is -2.29. The average Bonchev–Trinajstić information content (AvgIpc) is 2.60. The number of rotatable bonds is 9. The highest BCUT2D eigenvalue weighted by atomic mass is 127. The number of hydrogen-bond acceptors (Lipinski definition) is 3. The summed E-state index contributed by atoms with van der Waals surface area (Å²) in [6.45, 7) is 15.4. The quantitative estimate of drug-likeness (QED) is 0.313. The molecule has 1 fully saturated rings. The molecule has 0 saturated carbocycles. The molecule has 1 atom stereocenters. The Labute approximate surface area is 177 Å². The molecule has 6 nitrogen and oxygen atoms in total. The predicted octanol–water partition coefficient (Wildman–Crippen LogP) is 2.49. The van der Waals surface area contributed by atoms with Gasteiger partial charge >= 0.3 is 0 Å². The van der Waals surface area contributed by atoms with Gasteiger partial charge in [0.1, 0.15) is 0 Å². The van der Waals surface area contributed by atoms with Crippen molar-refractivity contribution in [1.29, 1.82) is 0 Å². The molecule has 1 saturated heterocycles. The van der Waals surface area contributed by atoms with Gasteiger partial charge in [-0.3, -0.25) is 9.79 Å². The number of guanidine groups is 1. The Kier molecular flexibility index (Phi) is 14.2. The highest BCUT2D eigenvalue weighted by Crippen LogP contribution is 2.11. The topological polar surface area (TPSA) is 51.2 Å². The molecule has 0 radical (unpaired) electrons. The zero-order valence-corrected chi connectivity index (χ0v) is 19.8. The van der Waals surface area contributed by atoms with E-state index in [2.05, 4.69) is 24.1 Å². The summed E-state index contributed by atoms with van der Waals surface area (Å²) in [6.07, 6.45) is 4.03. The number of nitrogens with zero attached hydrogens (tertiary/aromatic N) is 4. The Morgan fingerprint density at radius 3 is 2.31 bits per heavy atom. The largest absolute Gasteiger partial charge is 0.357 e. The molecule has 0 aromatic carbocycles. The van der Waals surface area contributed by atoms with E-state index < -0.39 is 0 Å². The summed E-state index contributed by atoms with van der Waals surface area (Å²) < 4.78 is 0. The SMILES string of the molecule is CCNC(=NCC(C)CN1CCCCC1)N(C)CC(=O)N(CC)CC.I. The van der Waals surface area contributed by atoms with Gasteiger partial charge in [0.15, 0.2) is 5.96 Å². The van der Waals surface area contributed by atoms with Gasteiger partial charge in [-0.2, -0.15) is 0 Å². The third-order valence-electron chi connectivity index (χ3n) is 4.76. The van der Waals surface area contributed by atoms with E-state index >= 15 is 0 Å². The van der Waals surface area contributed by atoms with E-state index in [1.165, 1.54) is 32.4 Å². The summed E-state index contributed by atoms with van der Waals surface area (Å²) >= 11 is 0. The molecule has 0 aliphatic carbocycles. The molecule has 1 aliphatic rings. The number of likely N-dealkylation sites (tertiary alicyclic amines) is 1.